The number of nitrogens with one attached hydrogen (secondary N) is 2. The summed E-state index contributed by atoms with van der Waals surface area (Å²) in [6.07, 6.45) is 3.37. The number of carbonyl (C=O) groups is 1. The molecule has 0 fully saturated rings. The molecule has 8 nitrogen and oxygen atoms in total. The number of rotatable bonds is 5. The van der Waals surface area contributed by atoms with E-state index in [0.29, 0.717) is 19.7 Å². The number of urea groups is 1. The molecule has 0 bridgehead atoms. The number of hydrogen-bond donors (Lipinski definition) is 2. The van der Waals surface area contributed by atoms with E-state index in [-0.39, 0.29) is 11.9 Å². The van der Waals surface area contributed by atoms with Crippen LogP contribution in [0.4, 0.5) is 16.3 Å². The first kappa shape index (κ1) is 20.6. The zero-order valence-corrected chi connectivity index (χ0v) is 17.9. The molecule has 1 aromatic carbocycles. The summed E-state index contributed by atoms with van der Waals surface area (Å²) in [5.74, 6) is 1.65. The van der Waals surface area contributed by atoms with Crippen LogP contribution in [-0.2, 0) is 0 Å². The van der Waals surface area contributed by atoms with Gasteiger partial charge in [-0.1, -0.05) is 19.1 Å². The minimum atomic E-state index is -0.133. The van der Waals surface area contributed by atoms with Crippen LogP contribution >= 0.6 is 0 Å². The van der Waals surface area contributed by atoms with Crippen molar-refractivity contribution in [3.63, 3.8) is 0 Å². The van der Waals surface area contributed by atoms with Gasteiger partial charge >= 0.3 is 6.03 Å². The lowest BCUT2D eigenvalue weighted by molar-refractivity contribution is 0.241. The summed E-state index contributed by atoms with van der Waals surface area (Å²) in [7, 11) is 1.64. The first-order valence-corrected chi connectivity index (χ1v) is 10.3. The average molecular weight is 419 g/mol. The van der Waals surface area contributed by atoms with Gasteiger partial charge < -0.3 is 15.4 Å². The number of amides is 2. The van der Waals surface area contributed by atoms with Gasteiger partial charge in [-0.05, 0) is 25.1 Å². The Morgan fingerprint density at radius 1 is 1.23 bits per heavy atom. The molecule has 0 spiro atoms. The molecular formula is C23H26N6O2. The third kappa shape index (κ3) is 4.42. The summed E-state index contributed by atoms with van der Waals surface area (Å²) >= 11 is 0. The maximum atomic E-state index is 12.2. The number of anilines is 2. The minimum absolute atomic E-state index is 0.133. The number of nitrogens with zero attached hydrogens (tertiary/aromatic N) is 4. The Morgan fingerprint density at radius 2 is 2.10 bits per heavy atom. The molecule has 0 unspecified atom stereocenters. The van der Waals surface area contributed by atoms with Gasteiger partial charge in [0.05, 0.1) is 17.9 Å². The summed E-state index contributed by atoms with van der Waals surface area (Å²) < 4.78 is 5.96. The molecule has 1 atom stereocenters. The Balaban J connectivity index is 1.50. The smallest absolute Gasteiger partial charge is 0.321 e. The first-order chi connectivity index (χ1) is 15.1. The van der Waals surface area contributed by atoms with Gasteiger partial charge in [-0.15, -0.1) is 0 Å². The van der Waals surface area contributed by atoms with Gasteiger partial charge in [-0.25, -0.2) is 14.8 Å². The summed E-state index contributed by atoms with van der Waals surface area (Å²) in [6.45, 7) is 5.73. The van der Waals surface area contributed by atoms with Crippen LogP contribution in [0.25, 0.3) is 11.3 Å². The zero-order chi connectivity index (χ0) is 21.8. The minimum Gasteiger partial charge on any atom is -0.489 e. The van der Waals surface area contributed by atoms with E-state index in [1.54, 1.807) is 18.3 Å². The molecule has 8 heteroatoms. The van der Waals surface area contributed by atoms with E-state index in [9.17, 15) is 4.79 Å². The average Bonchev–Trinajstić information content (AvgIpc) is 2.82. The van der Waals surface area contributed by atoms with E-state index >= 15 is 0 Å². The number of hydrogen-bond acceptors (Lipinski definition) is 6. The molecule has 31 heavy (non-hydrogen) atoms. The van der Waals surface area contributed by atoms with Crippen LogP contribution in [0.1, 0.15) is 24.1 Å². The SMILES string of the molecule is CNC(=O)N1CCOc2c([C@H](C)CNc3cc(-c4ccc(C)nc4)ncn3)cccc21. The van der Waals surface area contributed by atoms with Gasteiger partial charge in [0.25, 0.3) is 0 Å². The maximum absolute atomic E-state index is 12.2. The van der Waals surface area contributed by atoms with E-state index in [1.807, 2.05) is 49.5 Å². The van der Waals surface area contributed by atoms with E-state index in [2.05, 4.69) is 32.5 Å². The van der Waals surface area contributed by atoms with Gasteiger partial charge in [-0.2, -0.15) is 0 Å². The number of para-hydroxylation sites is 1. The summed E-state index contributed by atoms with van der Waals surface area (Å²) in [5.41, 5.74) is 4.58. The van der Waals surface area contributed by atoms with Crippen molar-refractivity contribution >= 4 is 17.5 Å². The van der Waals surface area contributed by atoms with Crippen molar-refractivity contribution in [3.8, 4) is 17.0 Å². The Labute approximate surface area is 181 Å². The van der Waals surface area contributed by atoms with Gasteiger partial charge in [-0.3, -0.25) is 9.88 Å². The molecular weight excluding hydrogens is 392 g/mol. The summed E-state index contributed by atoms with van der Waals surface area (Å²) in [5, 5.41) is 6.09. The number of aromatic nitrogens is 3. The highest BCUT2D eigenvalue weighted by Gasteiger charge is 2.26. The van der Waals surface area contributed by atoms with Crippen molar-refractivity contribution in [1.82, 2.24) is 20.3 Å². The van der Waals surface area contributed by atoms with E-state index in [4.69, 9.17) is 4.74 Å². The van der Waals surface area contributed by atoms with E-state index in [1.165, 1.54) is 0 Å². The number of benzene rings is 1. The van der Waals surface area contributed by atoms with Gasteiger partial charge in [0, 0.05) is 48.6 Å². The second-order valence-corrected chi connectivity index (χ2v) is 7.51. The van der Waals surface area contributed by atoms with Crippen LogP contribution in [0.3, 0.4) is 0 Å². The third-order valence-electron chi connectivity index (χ3n) is 5.33. The van der Waals surface area contributed by atoms with Crippen LogP contribution in [0.5, 0.6) is 5.75 Å². The van der Waals surface area contributed by atoms with Crippen molar-refractivity contribution in [1.29, 1.82) is 0 Å². The Hall–Kier alpha value is -3.68. The van der Waals surface area contributed by atoms with Crippen LogP contribution < -0.4 is 20.3 Å². The first-order valence-electron chi connectivity index (χ1n) is 10.3. The Bertz CT molecular complexity index is 1070. The molecule has 2 aromatic heterocycles. The molecule has 0 aliphatic carbocycles. The van der Waals surface area contributed by atoms with Gasteiger partial charge in [0.1, 0.15) is 24.5 Å². The quantitative estimate of drug-likeness (QED) is 0.658. The fourth-order valence-electron chi connectivity index (χ4n) is 3.60. The predicted octanol–water partition coefficient (Wildman–Crippen LogP) is 3.60. The topological polar surface area (TPSA) is 92.3 Å². The Kier molecular flexibility index (Phi) is 5.97. The van der Waals surface area contributed by atoms with Crippen molar-refractivity contribution in [2.24, 2.45) is 0 Å². The van der Waals surface area contributed by atoms with Gasteiger partial charge in [0.15, 0.2) is 0 Å². The summed E-state index contributed by atoms with van der Waals surface area (Å²) in [6, 6.07) is 11.7. The molecule has 1 aliphatic heterocycles. The number of pyridine rings is 1. The summed E-state index contributed by atoms with van der Waals surface area (Å²) in [4.78, 5) is 27.0. The third-order valence-corrected chi connectivity index (χ3v) is 5.33. The van der Waals surface area contributed by atoms with Gasteiger partial charge in [0.2, 0.25) is 0 Å². The fraction of sp³-hybridized carbons (Fsp3) is 0.304. The highest BCUT2D eigenvalue weighted by molar-refractivity contribution is 5.94. The molecule has 0 saturated heterocycles. The number of aryl methyl sites for hydroxylation is 1. The van der Waals surface area contributed by atoms with Crippen molar-refractivity contribution in [2.45, 2.75) is 19.8 Å². The van der Waals surface area contributed by atoms with Crippen molar-refractivity contribution in [3.05, 3.63) is 60.2 Å². The standard InChI is InChI=1S/C23H26N6O2/c1-15(18-5-4-6-20-22(18)31-10-9-29(20)23(30)24-3)12-26-21-11-19(27-14-28-21)17-8-7-16(2)25-13-17/h4-8,11,13-15H,9-10,12H2,1-3H3,(H,24,30)(H,26,27,28)/t15-/m1/s1. The maximum Gasteiger partial charge on any atom is 0.321 e. The molecule has 160 valence electrons. The normalized spacial score (nSPS) is 13.7. The molecule has 4 rings (SSSR count). The molecule has 0 radical (unpaired) electrons. The van der Waals surface area contributed by atoms with Crippen LogP contribution in [0.15, 0.2) is 48.9 Å². The van der Waals surface area contributed by atoms with E-state index in [0.717, 1.165) is 39.8 Å². The zero-order valence-electron chi connectivity index (χ0n) is 17.9. The monoisotopic (exact) mass is 418 g/mol. The number of carbonyl (C=O) groups excluding carboxylic acids is 1. The molecule has 3 aromatic rings. The van der Waals surface area contributed by atoms with Crippen LogP contribution in [0, 0.1) is 6.92 Å². The largest absolute Gasteiger partial charge is 0.489 e. The fourth-order valence-corrected chi connectivity index (χ4v) is 3.60. The second kappa shape index (κ2) is 8.99. The van der Waals surface area contributed by atoms with Crippen molar-refractivity contribution < 1.29 is 9.53 Å². The van der Waals surface area contributed by atoms with Crippen LogP contribution in [0.2, 0.25) is 0 Å². The molecule has 2 amide bonds. The van der Waals surface area contributed by atoms with E-state index < -0.39 is 0 Å². The molecule has 0 saturated carbocycles. The Morgan fingerprint density at radius 3 is 2.87 bits per heavy atom. The van der Waals surface area contributed by atoms with Crippen LogP contribution in [-0.4, -0.2) is 47.7 Å². The lowest BCUT2D eigenvalue weighted by Gasteiger charge is -2.31. The number of fused-ring (bicyclic) bond motifs is 1. The predicted molar refractivity (Wildman–Crippen MR) is 121 cm³/mol. The lowest BCUT2D eigenvalue weighted by atomic mass is 9.98. The molecule has 2 N–H and O–H groups in total. The second-order valence-electron chi connectivity index (χ2n) is 7.51. The van der Waals surface area contributed by atoms with Crippen molar-refractivity contribution in [2.75, 3.05) is 37.0 Å². The number of ether oxygens (including phenoxy) is 1. The molecule has 1 aliphatic rings. The molecule has 3 heterocycles. The lowest BCUT2D eigenvalue weighted by Crippen LogP contribution is -2.43. The highest BCUT2D eigenvalue weighted by Crippen LogP contribution is 2.38. The highest BCUT2D eigenvalue weighted by atomic mass is 16.5.